The number of piperazine rings is 1. The van der Waals surface area contributed by atoms with E-state index in [-0.39, 0.29) is 30.1 Å². The molecule has 0 aromatic heterocycles. The Morgan fingerprint density at radius 1 is 0.861 bits per heavy atom. The second-order valence-corrected chi connectivity index (χ2v) is 9.57. The molecule has 186 valence electrons. The van der Waals surface area contributed by atoms with Crippen LogP contribution in [-0.2, 0) is 20.8 Å². The van der Waals surface area contributed by atoms with Crippen molar-refractivity contribution >= 4 is 34.2 Å². The minimum Gasteiger partial charge on any atom is -0.355 e. The first-order valence-electron chi connectivity index (χ1n) is 12.7. The number of nitrogens with one attached hydrogen (secondary N) is 1. The summed E-state index contributed by atoms with van der Waals surface area (Å²) in [4.78, 5) is 43.9. The first-order chi connectivity index (χ1) is 17.6. The molecule has 2 saturated heterocycles. The average Bonchev–Trinajstić information content (AvgIpc) is 3.31. The third-order valence-electron chi connectivity index (χ3n) is 7.24. The molecule has 7 nitrogen and oxygen atoms in total. The predicted octanol–water partition coefficient (Wildman–Crippen LogP) is 2.70. The van der Waals surface area contributed by atoms with Crippen LogP contribution in [-0.4, -0.2) is 73.3 Å². The van der Waals surface area contributed by atoms with E-state index in [0.29, 0.717) is 32.6 Å². The predicted molar refractivity (Wildman–Crippen MR) is 141 cm³/mol. The first-order valence-corrected chi connectivity index (χ1v) is 12.7. The normalized spacial score (nSPS) is 18.6. The number of anilines is 1. The van der Waals surface area contributed by atoms with E-state index in [1.165, 1.54) is 0 Å². The molecule has 5 rings (SSSR count). The molecule has 0 radical (unpaired) electrons. The van der Waals surface area contributed by atoms with Gasteiger partial charge in [-0.1, -0.05) is 60.7 Å². The number of para-hydroxylation sites is 1. The molecule has 0 aliphatic carbocycles. The number of hydrogen-bond acceptors (Lipinski definition) is 4. The van der Waals surface area contributed by atoms with Crippen LogP contribution in [0.2, 0.25) is 0 Å². The lowest BCUT2D eigenvalue weighted by atomic mass is 10.0. The van der Waals surface area contributed by atoms with Crippen molar-refractivity contribution in [3.8, 4) is 0 Å². The van der Waals surface area contributed by atoms with E-state index in [4.69, 9.17) is 0 Å². The van der Waals surface area contributed by atoms with Crippen molar-refractivity contribution in [2.75, 3.05) is 50.7 Å². The van der Waals surface area contributed by atoms with Crippen LogP contribution in [0.5, 0.6) is 0 Å². The third-order valence-corrected chi connectivity index (χ3v) is 7.24. The average molecular weight is 485 g/mol. The summed E-state index contributed by atoms with van der Waals surface area (Å²) < 4.78 is 0. The smallest absolute Gasteiger partial charge is 0.227 e. The summed E-state index contributed by atoms with van der Waals surface area (Å²) in [5.74, 6) is -0.231. The molecule has 0 bridgehead atoms. The van der Waals surface area contributed by atoms with Crippen LogP contribution in [0.1, 0.15) is 12.0 Å². The van der Waals surface area contributed by atoms with Crippen LogP contribution in [0.15, 0.2) is 72.8 Å². The van der Waals surface area contributed by atoms with Crippen molar-refractivity contribution in [3.63, 3.8) is 0 Å². The summed E-state index contributed by atoms with van der Waals surface area (Å²) in [5, 5.41) is 5.30. The van der Waals surface area contributed by atoms with Gasteiger partial charge in [0, 0.05) is 57.9 Å². The number of nitrogens with zero attached hydrogens (tertiary/aromatic N) is 3. The van der Waals surface area contributed by atoms with Gasteiger partial charge in [0.15, 0.2) is 0 Å². The maximum Gasteiger partial charge on any atom is 0.227 e. The molecule has 3 amide bonds. The molecule has 3 aromatic rings. The van der Waals surface area contributed by atoms with E-state index < -0.39 is 0 Å². The number of carbonyl (C=O) groups excluding carboxylic acids is 3. The highest BCUT2D eigenvalue weighted by molar-refractivity contribution is 6.00. The maximum atomic E-state index is 12.9. The summed E-state index contributed by atoms with van der Waals surface area (Å²) in [6.07, 6.45) is 0.662. The number of amides is 3. The summed E-state index contributed by atoms with van der Waals surface area (Å²) in [6, 6.07) is 23.8. The molecule has 2 heterocycles. The number of fused-ring (bicyclic) bond motifs is 1. The second-order valence-electron chi connectivity index (χ2n) is 9.57. The zero-order valence-corrected chi connectivity index (χ0v) is 20.4. The fourth-order valence-corrected chi connectivity index (χ4v) is 5.16. The lowest BCUT2D eigenvalue weighted by molar-refractivity contribution is -0.132. The van der Waals surface area contributed by atoms with Crippen molar-refractivity contribution in [1.29, 1.82) is 0 Å². The Labute approximate surface area is 211 Å². The lowest BCUT2D eigenvalue weighted by Crippen LogP contribution is -2.50. The standard InChI is InChI=1S/C29H32N4O3/c34-27(19-23-9-6-8-22-7-4-5-12-26(22)23)32-17-15-31(16-18-32)14-13-30-29(36)24-20-28(35)33(21-24)25-10-2-1-3-11-25/h1-12,24H,13-21H2,(H,30,36). The molecule has 2 aliphatic rings. The summed E-state index contributed by atoms with van der Waals surface area (Å²) >= 11 is 0. The summed E-state index contributed by atoms with van der Waals surface area (Å²) in [6.45, 7) is 4.67. The molecule has 1 atom stereocenters. The fourth-order valence-electron chi connectivity index (χ4n) is 5.16. The van der Waals surface area contributed by atoms with Crippen molar-refractivity contribution in [2.45, 2.75) is 12.8 Å². The van der Waals surface area contributed by atoms with Crippen LogP contribution in [0.25, 0.3) is 10.8 Å². The van der Waals surface area contributed by atoms with Gasteiger partial charge in [0.2, 0.25) is 17.7 Å². The van der Waals surface area contributed by atoms with Crippen molar-refractivity contribution in [3.05, 3.63) is 78.4 Å². The van der Waals surface area contributed by atoms with Crippen LogP contribution in [0.3, 0.4) is 0 Å². The molecular formula is C29H32N4O3. The Bertz CT molecular complexity index is 1230. The topological polar surface area (TPSA) is 73.0 Å². The molecule has 36 heavy (non-hydrogen) atoms. The fraction of sp³-hybridized carbons (Fsp3) is 0.345. The van der Waals surface area contributed by atoms with Gasteiger partial charge in [0.1, 0.15) is 0 Å². The Hall–Kier alpha value is -3.71. The molecular weight excluding hydrogens is 452 g/mol. The maximum absolute atomic E-state index is 12.9. The molecule has 0 spiro atoms. The van der Waals surface area contributed by atoms with Gasteiger partial charge in [-0.3, -0.25) is 19.3 Å². The van der Waals surface area contributed by atoms with E-state index in [9.17, 15) is 14.4 Å². The van der Waals surface area contributed by atoms with Gasteiger partial charge in [-0.2, -0.15) is 0 Å². The van der Waals surface area contributed by atoms with Crippen molar-refractivity contribution in [1.82, 2.24) is 15.1 Å². The monoisotopic (exact) mass is 484 g/mol. The molecule has 0 saturated carbocycles. The van der Waals surface area contributed by atoms with Gasteiger partial charge in [-0.15, -0.1) is 0 Å². The van der Waals surface area contributed by atoms with Crippen LogP contribution < -0.4 is 10.2 Å². The van der Waals surface area contributed by atoms with Crippen LogP contribution in [0, 0.1) is 5.92 Å². The third kappa shape index (κ3) is 5.41. The summed E-state index contributed by atoms with van der Waals surface area (Å²) in [7, 11) is 0. The second kappa shape index (κ2) is 10.9. The number of rotatable bonds is 7. The Morgan fingerprint density at radius 3 is 2.39 bits per heavy atom. The zero-order chi connectivity index (χ0) is 24.9. The molecule has 2 aliphatic heterocycles. The van der Waals surface area contributed by atoms with Gasteiger partial charge < -0.3 is 15.1 Å². The molecule has 7 heteroatoms. The van der Waals surface area contributed by atoms with E-state index in [2.05, 4.69) is 28.4 Å². The van der Waals surface area contributed by atoms with Gasteiger partial charge in [0.25, 0.3) is 0 Å². The Balaban J connectivity index is 1.04. The Kier molecular flexibility index (Phi) is 7.28. The molecule has 1 unspecified atom stereocenters. The largest absolute Gasteiger partial charge is 0.355 e. The van der Waals surface area contributed by atoms with E-state index >= 15 is 0 Å². The van der Waals surface area contributed by atoms with E-state index in [1.807, 2.05) is 59.5 Å². The van der Waals surface area contributed by atoms with Crippen LogP contribution >= 0.6 is 0 Å². The van der Waals surface area contributed by atoms with Crippen LogP contribution in [0.4, 0.5) is 5.69 Å². The minimum atomic E-state index is -0.318. The lowest BCUT2D eigenvalue weighted by Gasteiger charge is -2.35. The first kappa shape index (κ1) is 24.0. The van der Waals surface area contributed by atoms with Crippen molar-refractivity contribution < 1.29 is 14.4 Å². The van der Waals surface area contributed by atoms with Gasteiger partial charge in [0.05, 0.1) is 12.3 Å². The number of hydrogen-bond donors (Lipinski definition) is 1. The van der Waals surface area contributed by atoms with Gasteiger partial charge >= 0.3 is 0 Å². The minimum absolute atomic E-state index is 0.00867. The van der Waals surface area contributed by atoms with E-state index in [1.54, 1.807) is 4.90 Å². The van der Waals surface area contributed by atoms with Gasteiger partial charge in [-0.25, -0.2) is 0 Å². The SMILES string of the molecule is O=C(NCCN1CCN(C(=O)Cc2cccc3ccccc23)CC1)C1CC(=O)N(c2ccccc2)C1. The van der Waals surface area contributed by atoms with E-state index in [0.717, 1.165) is 41.7 Å². The highest BCUT2D eigenvalue weighted by Gasteiger charge is 2.35. The highest BCUT2D eigenvalue weighted by Crippen LogP contribution is 2.25. The molecule has 1 N–H and O–H groups in total. The zero-order valence-electron chi connectivity index (χ0n) is 20.4. The number of carbonyl (C=O) groups is 3. The van der Waals surface area contributed by atoms with Crippen molar-refractivity contribution in [2.24, 2.45) is 5.92 Å². The summed E-state index contributed by atoms with van der Waals surface area (Å²) in [5.41, 5.74) is 1.91. The Morgan fingerprint density at radius 2 is 1.58 bits per heavy atom. The van der Waals surface area contributed by atoms with Gasteiger partial charge in [-0.05, 0) is 28.5 Å². The quantitative estimate of drug-likeness (QED) is 0.560. The highest BCUT2D eigenvalue weighted by atomic mass is 16.2. The molecule has 2 fully saturated rings. The number of benzene rings is 3. The molecule has 3 aromatic carbocycles.